The van der Waals surface area contributed by atoms with Gasteiger partial charge in [0.15, 0.2) is 0 Å². The molecular formula is C17H24N2O2. The SMILES string of the molecule is Nc1cccc(C(=O)OC[C@H]2CCCN3CCCC[C@@H]23)c1. The number of anilines is 1. The Morgan fingerprint density at radius 2 is 2.10 bits per heavy atom. The predicted octanol–water partition coefficient (Wildman–Crippen LogP) is 2.69. The van der Waals surface area contributed by atoms with Gasteiger partial charge >= 0.3 is 5.97 Å². The average molecular weight is 288 g/mol. The summed E-state index contributed by atoms with van der Waals surface area (Å²) in [5.74, 6) is 0.235. The van der Waals surface area contributed by atoms with Gasteiger partial charge in [0, 0.05) is 17.6 Å². The van der Waals surface area contributed by atoms with Crippen molar-refractivity contribution in [2.75, 3.05) is 25.4 Å². The Balaban J connectivity index is 1.57. The van der Waals surface area contributed by atoms with Crippen LogP contribution in [0.3, 0.4) is 0 Å². The number of piperidine rings is 2. The van der Waals surface area contributed by atoms with Gasteiger partial charge in [-0.15, -0.1) is 0 Å². The van der Waals surface area contributed by atoms with Gasteiger partial charge in [-0.1, -0.05) is 12.5 Å². The normalized spacial score (nSPS) is 26.1. The van der Waals surface area contributed by atoms with Crippen LogP contribution in [0.2, 0.25) is 0 Å². The van der Waals surface area contributed by atoms with Crippen LogP contribution in [-0.4, -0.2) is 36.6 Å². The molecule has 2 atom stereocenters. The Morgan fingerprint density at radius 3 is 2.95 bits per heavy atom. The Kier molecular flexibility index (Phi) is 4.44. The molecule has 2 N–H and O–H groups in total. The lowest BCUT2D eigenvalue weighted by Crippen LogP contribution is -2.49. The molecule has 0 spiro atoms. The molecule has 2 heterocycles. The van der Waals surface area contributed by atoms with Crippen LogP contribution in [-0.2, 0) is 4.74 Å². The minimum Gasteiger partial charge on any atom is -0.462 e. The van der Waals surface area contributed by atoms with E-state index in [1.807, 2.05) is 0 Å². The molecular weight excluding hydrogens is 264 g/mol. The first-order chi connectivity index (χ1) is 10.2. The molecule has 0 aliphatic carbocycles. The van der Waals surface area contributed by atoms with E-state index in [4.69, 9.17) is 10.5 Å². The van der Waals surface area contributed by atoms with E-state index in [-0.39, 0.29) is 5.97 Å². The summed E-state index contributed by atoms with van der Waals surface area (Å²) in [5, 5.41) is 0. The average Bonchev–Trinajstić information content (AvgIpc) is 2.52. The van der Waals surface area contributed by atoms with Crippen molar-refractivity contribution in [3.63, 3.8) is 0 Å². The van der Waals surface area contributed by atoms with Gasteiger partial charge in [0.1, 0.15) is 0 Å². The molecule has 2 aliphatic rings. The largest absolute Gasteiger partial charge is 0.462 e. The van der Waals surface area contributed by atoms with Crippen LogP contribution in [0.25, 0.3) is 0 Å². The first-order valence-electron chi connectivity index (χ1n) is 8.01. The van der Waals surface area contributed by atoms with Gasteiger partial charge in [-0.3, -0.25) is 4.90 Å². The number of rotatable bonds is 3. The number of ether oxygens (including phenoxy) is 1. The van der Waals surface area contributed by atoms with Crippen molar-refractivity contribution >= 4 is 11.7 Å². The third-order valence-electron chi connectivity index (χ3n) is 4.78. The molecule has 2 fully saturated rings. The standard InChI is InChI=1S/C17H24N2O2/c18-15-7-3-5-13(11-15)17(20)21-12-14-6-4-10-19-9-2-1-8-16(14)19/h3,5,7,11,14,16H,1-2,4,6,8-10,12,18H2/t14-,16+/m1/s1. The fraction of sp³-hybridized carbons (Fsp3) is 0.588. The maximum absolute atomic E-state index is 12.1. The molecule has 4 heteroatoms. The Morgan fingerprint density at radius 1 is 1.24 bits per heavy atom. The van der Waals surface area contributed by atoms with Gasteiger partial charge in [0.2, 0.25) is 0 Å². The zero-order chi connectivity index (χ0) is 14.7. The third kappa shape index (κ3) is 3.38. The highest BCUT2D eigenvalue weighted by atomic mass is 16.5. The van der Waals surface area contributed by atoms with Crippen molar-refractivity contribution in [1.29, 1.82) is 0 Å². The second-order valence-corrected chi connectivity index (χ2v) is 6.23. The second kappa shape index (κ2) is 6.48. The summed E-state index contributed by atoms with van der Waals surface area (Å²) in [4.78, 5) is 14.7. The molecule has 0 unspecified atom stereocenters. The van der Waals surface area contributed by atoms with Crippen LogP contribution in [0.4, 0.5) is 5.69 Å². The maximum atomic E-state index is 12.1. The molecule has 1 aromatic carbocycles. The molecule has 0 bridgehead atoms. The van der Waals surface area contributed by atoms with Crippen LogP contribution in [0, 0.1) is 5.92 Å². The van der Waals surface area contributed by atoms with Crippen LogP contribution in [0.15, 0.2) is 24.3 Å². The number of nitrogen functional groups attached to an aromatic ring is 1. The molecule has 3 rings (SSSR count). The van der Waals surface area contributed by atoms with Crippen LogP contribution in [0.5, 0.6) is 0 Å². The quantitative estimate of drug-likeness (QED) is 0.686. The van der Waals surface area contributed by atoms with E-state index in [0.29, 0.717) is 29.8 Å². The lowest BCUT2D eigenvalue weighted by molar-refractivity contribution is 0.00739. The predicted molar refractivity (Wildman–Crippen MR) is 83.1 cm³/mol. The lowest BCUT2D eigenvalue weighted by Gasteiger charge is -2.44. The fourth-order valence-electron chi connectivity index (χ4n) is 3.70. The summed E-state index contributed by atoms with van der Waals surface area (Å²) in [7, 11) is 0. The smallest absolute Gasteiger partial charge is 0.338 e. The van der Waals surface area contributed by atoms with E-state index in [0.717, 1.165) is 0 Å². The van der Waals surface area contributed by atoms with Gasteiger partial charge in [-0.2, -0.15) is 0 Å². The number of carbonyl (C=O) groups excluding carboxylic acids is 1. The topological polar surface area (TPSA) is 55.6 Å². The molecule has 114 valence electrons. The highest BCUT2D eigenvalue weighted by Crippen LogP contribution is 2.31. The van der Waals surface area contributed by atoms with Crippen molar-refractivity contribution in [1.82, 2.24) is 4.90 Å². The maximum Gasteiger partial charge on any atom is 0.338 e. The first kappa shape index (κ1) is 14.4. The van der Waals surface area contributed by atoms with E-state index in [9.17, 15) is 4.79 Å². The van der Waals surface area contributed by atoms with Crippen LogP contribution >= 0.6 is 0 Å². The monoisotopic (exact) mass is 288 g/mol. The highest BCUT2D eigenvalue weighted by Gasteiger charge is 2.33. The molecule has 1 aromatic rings. The molecule has 0 saturated carbocycles. The Bertz CT molecular complexity index is 501. The van der Waals surface area contributed by atoms with E-state index in [2.05, 4.69) is 4.90 Å². The molecule has 2 aliphatic heterocycles. The zero-order valence-electron chi connectivity index (χ0n) is 12.5. The number of hydrogen-bond acceptors (Lipinski definition) is 4. The summed E-state index contributed by atoms with van der Waals surface area (Å²) >= 11 is 0. The number of hydrogen-bond donors (Lipinski definition) is 1. The fourth-order valence-corrected chi connectivity index (χ4v) is 3.70. The number of carbonyl (C=O) groups is 1. The van der Waals surface area contributed by atoms with Crippen molar-refractivity contribution in [3.05, 3.63) is 29.8 Å². The number of esters is 1. The molecule has 0 aromatic heterocycles. The first-order valence-corrected chi connectivity index (χ1v) is 8.01. The van der Waals surface area contributed by atoms with Gasteiger partial charge in [-0.05, 0) is 57.0 Å². The lowest BCUT2D eigenvalue weighted by atomic mass is 9.84. The number of benzene rings is 1. The van der Waals surface area contributed by atoms with E-state index in [1.165, 1.54) is 45.2 Å². The van der Waals surface area contributed by atoms with Crippen molar-refractivity contribution in [2.24, 2.45) is 5.92 Å². The van der Waals surface area contributed by atoms with Crippen LogP contribution in [0.1, 0.15) is 42.5 Å². The van der Waals surface area contributed by atoms with Crippen molar-refractivity contribution in [3.8, 4) is 0 Å². The molecule has 2 saturated heterocycles. The van der Waals surface area contributed by atoms with Crippen molar-refractivity contribution in [2.45, 2.75) is 38.1 Å². The Labute approximate surface area is 126 Å². The minimum atomic E-state index is -0.254. The van der Waals surface area contributed by atoms with E-state index in [1.54, 1.807) is 24.3 Å². The molecule has 21 heavy (non-hydrogen) atoms. The summed E-state index contributed by atoms with van der Waals surface area (Å²) < 4.78 is 5.55. The van der Waals surface area contributed by atoms with E-state index < -0.39 is 0 Å². The van der Waals surface area contributed by atoms with Crippen molar-refractivity contribution < 1.29 is 9.53 Å². The second-order valence-electron chi connectivity index (χ2n) is 6.23. The molecule has 0 amide bonds. The zero-order valence-corrected chi connectivity index (χ0v) is 12.5. The Hall–Kier alpha value is -1.55. The summed E-state index contributed by atoms with van der Waals surface area (Å²) in [5.41, 5.74) is 6.85. The summed E-state index contributed by atoms with van der Waals surface area (Å²) in [6, 6.07) is 7.61. The highest BCUT2D eigenvalue weighted by molar-refractivity contribution is 5.90. The van der Waals surface area contributed by atoms with Gasteiger partial charge in [0.25, 0.3) is 0 Å². The summed E-state index contributed by atoms with van der Waals surface area (Å²) in [6.45, 7) is 2.96. The van der Waals surface area contributed by atoms with Crippen LogP contribution < -0.4 is 5.73 Å². The third-order valence-corrected chi connectivity index (χ3v) is 4.78. The minimum absolute atomic E-state index is 0.254. The number of nitrogens with zero attached hydrogens (tertiary/aromatic N) is 1. The van der Waals surface area contributed by atoms with Gasteiger partial charge in [0.05, 0.1) is 12.2 Å². The van der Waals surface area contributed by atoms with Gasteiger partial charge in [-0.25, -0.2) is 4.79 Å². The molecule has 4 nitrogen and oxygen atoms in total. The number of nitrogens with two attached hydrogens (primary N) is 1. The summed E-state index contributed by atoms with van der Waals surface area (Å²) in [6.07, 6.45) is 6.26. The number of fused-ring (bicyclic) bond motifs is 1. The van der Waals surface area contributed by atoms with Gasteiger partial charge < -0.3 is 10.5 Å². The molecule has 0 radical (unpaired) electrons. The van der Waals surface area contributed by atoms with E-state index >= 15 is 0 Å².